The molecule has 3 heterocycles. The molecule has 1 aliphatic heterocycles. The summed E-state index contributed by atoms with van der Waals surface area (Å²) in [7, 11) is 1.36. The molecule has 0 aliphatic carbocycles. The number of ether oxygens (including phenoxy) is 2. The summed E-state index contributed by atoms with van der Waals surface area (Å²) in [6.45, 7) is 6.13. The molecule has 3 aromatic rings. The van der Waals surface area contributed by atoms with Crippen molar-refractivity contribution < 1.29 is 14.3 Å². The van der Waals surface area contributed by atoms with E-state index in [9.17, 15) is 4.79 Å². The molecule has 1 aliphatic rings. The molecule has 0 radical (unpaired) electrons. The van der Waals surface area contributed by atoms with Crippen LogP contribution in [0.25, 0.3) is 11.3 Å². The maximum Gasteiger partial charge on any atom is 0.337 e. The molecule has 2 aromatic heterocycles. The molecule has 0 fully saturated rings. The molecule has 1 aromatic carbocycles. The molecular weight excluding hydrogens is 340 g/mol. The molecule has 0 spiro atoms. The molecule has 0 N–H and O–H groups in total. The molecule has 4 rings (SSSR count). The average molecular weight is 358 g/mol. The van der Waals surface area contributed by atoms with Crippen LogP contribution in [0.15, 0.2) is 66.9 Å². The van der Waals surface area contributed by atoms with Gasteiger partial charge in [-0.15, -0.1) is 0 Å². The predicted octanol–water partition coefficient (Wildman–Crippen LogP) is 4.74. The SMILES string of the molecule is C=C(C)C1c2cccnc2Oc2nc(-c3ccc(C(=O)OC)cc3)ccc21. The van der Waals surface area contributed by atoms with Gasteiger partial charge in [0, 0.05) is 28.8 Å². The van der Waals surface area contributed by atoms with Gasteiger partial charge in [0.25, 0.3) is 0 Å². The maximum absolute atomic E-state index is 11.6. The first kappa shape index (κ1) is 17.0. The summed E-state index contributed by atoms with van der Waals surface area (Å²) in [5.74, 6) is 0.725. The standard InChI is InChI=1S/C22H18N2O3/c1-13(2)19-16-5-4-12-23-20(16)27-21-17(19)10-11-18(24-21)14-6-8-15(9-7-14)22(25)26-3/h4-12,19H,1H2,2-3H3. The van der Waals surface area contributed by atoms with Crippen molar-refractivity contribution in [2.75, 3.05) is 7.11 Å². The number of carbonyl (C=O) groups excluding carboxylic acids is 1. The van der Waals surface area contributed by atoms with Crippen LogP contribution in [-0.2, 0) is 4.74 Å². The normalized spacial score (nSPS) is 14.5. The molecule has 1 atom stereocenters. The minimum absolute atomic E-state index is 0.000649. The van der Waals surface area contributed by atoms with Gasteiger partial charge in [-0.2, -0.15) is 0 Å². The van der Waals surface area contributed by atoms with Crippen LogP contribution in [0.1, 0.15) is 34.3 Å². The lowest BCUT2D eigenvalue weighted by Gasteiger charge is -2.27. The lowest BCUT2D eigenvalue weighted by Crippen LogP contribution is -2.13. The van der Waals surface area contributed by atoms with E-state index in [1.807, 2.05) is 43.3 Å². The third kappa shape index (κ3) is 2.97. The number of methoxy groups -OCH3 is 1. The summed E-state index contributed by atoms with van der Waals surface area (Å²) < 4.78 is 10.7. The van der Waals surface area contributed by atoms with Crippen molar-refractivity contribution in [3.63, 3.8) is 0 Å². The van der Waals surface area contributed by atoms with E-state index in [1.165, 1.54) is 7.11 Å². The fourth-order valence-electron chi connectivity index (χ4n) is 3.31. The Morgan fingerprint density at radius 2 is 1.81 bits per heavy atom. The maximum atomic E-state index is 11.6. The first-order valence-corrected chi connectivity index (χ1v) is 8.56. The molecule has 0 saturated heterocycles. The number of aromatic nitrogens is 2. The Morgan fingerprint density at radius 3 is 2.52 bits per heavy atom. The molecule has 0 saturated carbocycles. The van der Waals surface area contributed by atoms with E-state index < -0.39 is 0 Å². The summed E-state index contributed by atoms with van der Waals surface area (Å²) in [6.07, 6.45) is 1.70. The van der Waals surface area contributed by atoms with Gasteiger partial charge in [-0.3, -0.25) is 0 Å². The smallest absolute Gasteiger partial charge is 0.337 e. The number of fused-ring (bicyclic) bond motifs is 2. The highest BCUT2D eigenvalue weighted by Crippen LogP contribution is 2.45. The van der Waals surface area contributed by atoms with E-state index >= 15 is 0 Å². The number of rotatable bonds is 3. The van der Waals surface area contributed by atoms with Crippen molar-refractivity contribution in [3.05, 3.63) is 83.6 Å². The van der Waals surface area contributed by atoms with Crippen molar-refractivity contribution in [3.8, 4) is 23.0 Å². The fourth-order valence-corrected chi connectivity index (χ4v) is 3.31. The number of benzene rings is 1. The quantitative estimate of drug-likeness (QED) is 0.500. The first-order chi connectivity index (χ1) is 13.1. The van der Waals surface area contributed by atoms with Gasteiger partial charge in [0.05, 0.1) is 18.4 Å². The van der Waals surface area contributed by atoms with Crippen LogP contribution in [0.3, 0.4) is 0 Å². The van der Waals surface area contributed by atoms with Crippen molar-refractivity contribution >= 4 is 5.97 Å². The van der Waals surface area contributed by atoms with E-state index in [0.717, 1.165) is 28.0 Å². The van der Waals surface area contributed by atoms with Crippen molar-refractivity contribution in [1.29, 1.82) is 0 Å². The lowest BCUT2D eigenvalue weighted by atomic mass is 9.86. The van der Waals surface area contributed by atoms with Gasteiger partial charge < -0.3 is 9.47 Å². The van der Waals surface area contributed by atoms with Gasteiger partial charge in [0.15, 0.2) is 0 Å². The fraction of sp³-hybridized carbons (Fsp3) is 0.136. The van der Waals surface area contributed by atoms with Crippen LogP contribution in [0.4, 0.5) is 0 Å². The second-order valence-corrected chi connectivity index (χ2v) is 6.44. The Kier molecular flexibility index (Phi) is 4.20. The van der Waals surface area contributed by atoms with Crippen LogP contribution in [0.5, 0.6) is 11.8 Å². The van der Waals surface area contributed by atoms with Crippen LogP contribution in [-0.4, -0.2) is 23.0 Å². The monoisotopic (exact) mass is 358 g/mol. The Labute approximate surface area is 157 Å². The number of esters is 1. The molecule has 27 heavy (non-hydrogen) atoms. The summed E-state index contributed by atoms with van der Waals surface area (Å²) >= 11 is 0. The Morgan fingerprint density at radius 1 is 1.07 bits per heavy atom. The number of allylic oxidation sites excluding steroid dienone is 1. The molecule has 0 bridgehead atoms. The van der Waals surface area contributed by atoms with E-state index in [1.54, 1.807) is 18.3 Å². The highest BCUT2D eigenvalue weighted by molar-refractivity contribution is 5.89. The van der Waals surface area contributed by atoms with Crippen LogP contribution in [0, 0.1) is 0 Å². The second kappa shape index (κ2) is 6.68. The van der Waals surface area contributed by atoms with E-state index in [4.69, 9.17) is 14.5 Å². The summed E-state index contributed by atoms with van der Waals surface area (Å²) in [4.78, 5) is 20.6. The second-order valence-electron chi connectivity index (χ2n) is 6.44. The zero-order chi connectivity index (χ0) is 19.0. The summed E-state index contributed by atoms with van der Waals surface area (Å²) in [5, 5.41) is 0. The summed E-state index contributed by atoms with van der Waals surface area (Å²) in [6, 6.07) is 15.0. The van der Waals surface area contributed by atoms with E-state index in [2.05, 4.69) is 11.6 Å². The third-order valence-corrected chi connectivity index (χ3v) is 4.60. The number of hydrogen-bond acceptors (Lipinski definition) is 5. The van der Waals surface area contributed by atoms with Crippen LogP contribution >= 0.6 is 0 Å². The number of hydrogen-bond donors (Lipinski definition) is 0. The van der Waals surface area contributed by atoms with Crippen molar-refractivity contribution in [2.24, 2.45) is 0 Å². The predicted molar refractivity (Wildman–Crippen MR) is 102 cm³/mol. The minimum atomic E-state index is -0.365. The topological polar surface area (TPSA) is 61.3 Å². The molecule has 134 valence electrons. The zero-order valence-electron chi connectivity index (χ0n) is 15.1. The number of carbonyl (C=O) groups is 1. The van der Waals surface area contributed by atoms with Crippen molar-refractivity contribution in [2.45, 2.75) is 12.8 Å². The highest BCUT2D eigenvalue weighted by atomic mass is 16.5. The van der Waals surface area contributed by atoms with Gasteiger partial charge in [0.2, 0.25) is 11.8 Å². The largest absolute Gasteiger partial charge is 0.465 e. The molecule has 1 unspecified atom stereocenters. The van der Waals surface area contributed by atoms with Gasteiger partial charge in [0.1, 0.15) is 0 Å². The molecule has 5 nitrogen and oxygen atoms in total. The Hall–Kier alpha value is -3.47. The summed E-state index contributed by atoms with van der Waals surface area (Å²) in [5.41, 5.74) is 5.10. The minimum Gasteiger partial charge on any atom is -0.465 e. The van der Waals surface area contributed by atoms with Crippen molar-refractivity contribution in [1.82, 2.24) is 9.97 Å². The lowest BCUT2D eigenvalue weighted by molar-refractivity contribution is 0.0601. The molecule has 0 amide bonds. The first-order valence-electron chi connectivity index (χ1n) is 8.56. The van der Waals surface area contributed by atoms with Crippen LogP contribution < -0.4 is 4.74 Å². The van der Waals surface area contributed by atoms with Crippen LogP contribution in [0.2, 0.25) is 0 Å². The zero-order valence-corrected chi connectivity index (χ0v) is 15.1. The Bertz CT molecular complexity index is 1040. The van der Waals surface area contributed by atoms with Gasteiger partial charge >= 0.3 is 5.97 Å². The highest BCUT2D eigenvalue weighted by Gasteiger charge is 2.29. The van der Waals surface area contributed by atoms with E-state index in [-0.39, 0.29) is 11.9 Å². The average Bonchev–Trinajstić information content (AvgIpc) is 2.70. The van der Waals surface area contributed by atoms with Gasteiger partial charge in [-0.05, 0) is 31.2 Å². The number of pyridine rings is 2. The molecule has 5 heteroatoms. The third-order valence-electron chi connectivity index (χ3n) is 4.60. The van der Waals surface area contributed by atoms with Gasteiger partial charge in [-0.1, -0.05) is 36.4 Å². The van der Waals surface area contributed by atoms with Gasteiger partial charge in [-0.25, -0.2) is 14.8 Å². The van der Waals surface area contributed by atoms with E-state index in [0.29, 0.717) is 17.3 Å². The number of nitrogens with zero attached hydrogens (tertiary/aromatic N) is 2. The Balaban J connectivity index is 1.74. The molecular formula is C22H18N2O3.